The average molecular weight is 163 g/mol. The van der Waals surface area contributed by atoms with E-state index in [1.54, 1.807) is 7.05 Å². The molecular formula is C7H11F2NO. The lowest BCUT2D eigenvalue weighted by Gasteiger charge is -2.22. The Morgan fingerprint density at radius 2 is 2.27 bits per heavy atom. The normalized spacial score (nSPS) is 47.5. The Balaban J connectivity index is 2.11. The summed E-state index contributed by atoms with van der Waals surface area (Å²) in [6.45, 7) is 0.288. The van der Waals surface area contributed by atoms with E-state index >= 15 is 0 Å². The van der Waals surface area contributed by atoms with Gasteiger partial charge in [0.15, 0.2) is 0 Å². The number of piperidine rings is 1. The van der Waals surface area contributed by atoms with E-state index < -0.39 is 17.8 Å². The Kier molecular flexibility index (Phi) is 1.30. The first-order valence-electron chi connectivity index (χ1n) is 3.78. The molecule has 0 aromatic rings. The predicted molar refractivity (Wildman–Crippen MR) is 35.4 cm³/mol. The van der Waals surface area contributed by atoms with Gasteiger partial charge in [0.25, 0.3) is 5.92 Å². The van der Waals surface area contributed by atoms with Gasteiger partial charge in [0.05, 0.1) is 12.5 Å². The monoisotopic (exact) mass is 163 g/mol. The molecule has 2 nitrogen and oxygen atoms in total. The molecule has 0 spiro atoms. The topological polar surface area (TPSA) is 23.5 Å². The van der Waals surface area contributed by atoms with Crippen LogP contribution in [0.2, 0.25) is 0 Å². The van der Waals surface area contributed by atoms with Crippen LogP contribution in [0.5, 0.6) is 0 Å². The van der Waals surface area contributed by atoms with Gasteiger partial charge in [0.2, 0.25) is 0 Å². The van der Waals surface area contributed by atoms with E-state index in [0.717, 1.165) is 0 Å². The summed E-state index contributed by atoms with van der Waals surface area (Å²) in [5.74, 6) is -3.54. The van der Waals surface area contributed by atoms with Crippen molar-refractivity contribution in [3.63, 3.8) is 0 Å². The Morgan fingerprint density at radius 1 is 1.64 bits per heavy atom. The summed E-state index contributed by atoms with van der Waals surface area (Å²) in [7, 11) is 1.78. The van der Waals surface area contributed by atoms with Crippen molar-refractivity contribution in [1.82, 2.24) is 4.90 Å². The highest BCUT2D eigenvalue weighted by Gasteiger charge is 2.74. The van der Waals surface area contributed by atoms with Gasteiger partial charge in [0.1, 0.15) is 0 Å². The number of aliphatic hydroxyl groups is 1. The van der Waals surface area contributed by atoms with Crippen LogP contribution in [0.15, 0.2) is 0 Å². The first kappa shape index (κ1) is 7.43. The number of likely N-dealkylation sites (N-methyl/N-ethyl adjacent to an activating group) is 1. The van der Waals surface area contributed by atoms with Crippen molar-refractivity contribution in [1.29, 1.82) is 0 Å². The van der Waals surface area contributed by atoms with Crippen LogP contribution in [0.4, 0.5) is 8.78 Å². The van der Waals surface area contributed by atoms with E-state index in [1.807, 2.05) is 4.90 Å². The van der Waals surface area contributed by atoms with Crippen LogP contribution in [0.25, 0.3) is 0 Å². The molecule has 2 unspecified atom stereocenters. The summed E-state index contributed by atoms with van der Waals surface area (Å²) >= 11 is 0. The van der Waals surface area contributed by atoms with Gasteiger partial charge in [-0.2, -0.15) is 0 Å². The van der Waals surface area contributed by atoms with E-state index in [9.17, 15) is 8.78 Å². The zero-order valence-electron chi connectivity index (χ0n) is 6.30. The van der Waals surface area contributed by atoms with Crippen LogP contribution in [-0.2, 0) is 0 Å². The molecule has 2 fully saturated rings. The van der Waals surface area contributed by atoms with Gasteiger partial charge in [-0.1, -0.05) is 0 Å². The molecule has 0 aromatic heterocycles. The van der Waals surface area contributed by atoms with Gasteiger partial charge in [-0.15, -0.1) is 0 Å². The van der Waals surface area contributed by atoms with Gasteiger partial charge in [-0.25, -0.2) is 8.78 Å². The largest absolute Gasteiger partial charge is 0.395 e. The van der Waals surface area contributed by atoms with Crippen molar-refractivity contribution < 1.29 is 13.9 Å². The van der Waals surface area contributed by atoms with Crippen LogP contribution in [0.3, 0.4) is 0 Å². The fourth-order valence-electron chi connectivity index (χ4n) is 2.15. The summed E-state index contributed by atoms with van der Waals surface area (Å²) < 4.78 is 25.4. The highest BCUT2D eigenvalue weighted by Crippen LogP contribution is 2.61. The first-order valence-corrected chi connectivity index (χ1v) is 3.78. The lowest BCUT2D eigenvalue weighted by Crippen LogP contribution is -2.36. The number of aliphatic hydroxyl groups excluding tert-OH is 1. The van der Waals surface area contributed by atoms with Gasteiger partial charge in [-0.3, -0.25) is 0 Å². The Bertz CT molecular complexity index is 185. The van der Waals surface area contributed by atoms with Crippen LogP contribution < -0.4 is 0 Å². The zero-order chi connectivity index (χ0) is 8.22. The molecule has 0 bridgehead atoms. The second-order valence-electron chi connectivity index (χ2n) is 3.50. The quantitative estimate of drug-likeness (QED) is 0.595. The molecule has 1 aliphatic carbocycles. The number of likely N-dealkylation sites (tertiary alicyclic amines) is 1. The fraction of sp³-hybridized carbons (Fsp3) is 1.00. The third-order valence-corrected chi connectivity index (χ3v) is 2.92. The number of hydrogen-bond donors (Lipinski definition) is 1. The van der Waals surface area contributed by atoms with Crippen molar-refractivity contribution in [2.45, 2.75) is 12.0 Å². The number of halogens is 2. The molecule has 2 aliphatic rings. The zero-order valence-corrected chi connectivity index (χ0v) is 6.30. The summed E-state index contributed by atoms with van der Waals surface area (Å²) in [5.41, 5.74) is 0. The lowest BCUT2D eigenvalue weighted by atomic mass is 10.2. The second-order valence-corrected chi connectivity index (χ2v) is 3.50. The Labute approximate surface area is 63.8 Å². The summed E-state index contributed by atoms with van der Waals surface area (Å²) in [6.07, 6.45) is 0. The molecule has 2 rings (SSSR count). The van der Waals surface area contributed by atoms with E-state index in [2.05, 4.69) is 0 Å². The minimum atomic E-state index is -2.49. The minimum absolute atomic E-state index is 0.146. The molecule has 1 N–H and O–H groups in total. The van der Waals surface area contributed by atoms with Gasteiger partial charge < -0.3 is 10.0 Å². The van der Waals surface area contributed by atoms with Crippen LogP contribution in [0, 0.1) is 11.8 Å². The van der Waals surface area contributed by atoms with Gasteiger partial charge in [-0.05, 0) is 7.05 Å². The third-order valence-electron chi connectivity index (χ3n) is 2.92. The molecule has 3 atom stereocenters. The van der Waals surface area contributed by atoms with Crippen molar-refractivity contribution >= 4 is 0 Å². The smallest absolute Gasteiger partial charge is 0.257 e. The summed E-state index contributed by atoms with van der Waals surface area (Å²) in [5, 5.41) is 8.79. The molecule has 11 heavy (non-hydrogen) atoms. The summed E-state index contributed by atoms with van der Waals surface area (Å²) in [4.78, 5) is 1.81. The number of rotatable bonds is 1. The van der Waals surface area contributed by atoms with Crippen LogP contribution >= 0.6 is 0 Å². The number of nitrogens with zero attached hydrogens (tertiary/aromatic N) is 1. The van der Waals surface area contributed by atoms with Crippen LogP contribution in [-0.4, -0.2) is 42.2 Å². The standard InChI is InChI=1S/C7H11F2NO/c1-10-2-4-6(5(10)3-11)7(4,8)9/h4-6,11H,2-3H2,1H3/t4?,5-,6?/m1/s1. The number of fused-ring (bicyclic) bond motifs is 1. The van der Waals surface area contributed by atoms with Crippen LogP contribution in [0.1, 0.15) is 0 Å². The molecule has 4 heteroatoms. The first-order chi connectivity index (χ1) is 5.09. The SMILES string of the molecule is CN1CC2C([C@H]1CO)C2(F)F. The predicted octanol–water partition coefficient (Wildman–Crippen LogP) is 0.174. The van der Waals surface area contributed by atoms with Gasteiger partial charge >= 0.3 is 0 Å². The van der Waals surface area contributed by atoms with Crippen molar-refractivity contribution in [2.75, 3.05) is 20.2 Å². The molecule has 1 saturated heterocycles. The van der Waals surface area contributed by atoms with E-state index in [4.69, 9.17) is 5.11 Å². The second kappa shape index (κ2) is 1.93. The molecular weight excluding hydrogens is 152 g/mol. The average Bonchev–Trinajstić information content (AvgIpc) is 2.38. The molecule has 0 amide bonds. The Morgan fingerprint density at radius 3 is 2.64 bits per heavy atom. The lowest BCUT2D eigenvalue weighted by molar-refractivity contribution is 0.0259. The number of alkyl halides is 2. The van der Waals surface area contributed by atoms with E-state index in [1.165, 1.54) is 0 Å². The highest BCUT2D eigenvalue weighted by atomic mass is 19.3. The van der Waals surface area contributed by atoms with Gasteiger partial charge in [0, 0.05) is 18.5 Å². The maximum absolute atomic E-state index is 12.7. The summed E-state index contributed by atoms with van der Waals surface area (Å²) in [6, 6.07) is -0.310. The fourth-order valence-corrected chi connectivity index (χ4v) is 2.15. The molecule has 1 saturated carbocycles. The van der Waals surface area contributed by atoms with E-state index in [-0.39, 0.29) is 12.6 Å². The molecule has 64 valence electrons. The molecule has 1 aliphatic heterocycles. The van der Waals surface area contributed by atoms with Crippen molar-refractivity contribution in [2.24, 2.45) is 11.8 Å². The van der Waals surface area contributed by atoms with Crippen molar-refractivity contribution in [3.05, 3.63) is 0 Å². The maximum Gasteiger partial charge on any atom is 0.257 e. The maximum atomic E-state index is 12.7. The van der Waals surface area contributed by atoms with E-state index in [0.29, 0.717) is 6.54 Å². The highest BCUT2D eigenvalue weighted by molar-refractivity contribution is 5.16. The molecule has 1 heterocycles. The molecule has 0 aromatic carbocycles. The minimum Gasteiger partial charge on any atom is -0.395 e. The van der Waals surface area contributed by atoms with Crippen molar-refractivity contribution in [3.8, 4) is 0 Å². The molecule has 0 radical (unpaired) electrons. The third kappa shape index (κ3) is 0.767. The number of hydrogen-bond acceptors (Lipinski definition) is 2. The Hall–Kier alpha value is -0.220.